The molecule has 0 atom stereocenters. The van der Waals surface area contributed by atoms with Crippen molar-refractivity contribution in [2.24, 2.45) is 5.92 Å². The molecule has 3 nitrogen and oxygen atoms in total. The van der Waals surface area contributed by atoms with Gasteiger partial charge in [-0.1, -0.05) is 19.0 Å². The van der Waals surface area contributed by atoms with Crippen LogP contribution in [0.1, 0.15) is 43.9 Å². The molecule has 0 bridgehead atoms. The highest BCUT2D eigenvalue weighted by Gasteiger charge is 2.30. The van der Waals surface area contributed by atoms with Crippen molar-refractivity contribution in [3.63, 3.8) is 0 Å². The zero-order valence-corrected chi connectivity index (χ0v) is 8.21. The molecule has 0 aliphatic heterocycles. The van der Waals surface area contributed by atoms with Crippen molar-refractivity contribution < 1.29 is 4.52 Å². The second-order valence-corrected chi connectivity index (χ2v) is 4.28. The van der Waals surface area contributed by atoms with Crippen molar-refractivity contribution >= 4 is 5.88 Å². The third-order valence-electron chi connectivity index (χ3n) is 2.43. The van der Waals surface area contributed by atoms with Crippen LogP contribution in [0, 0.1) is 5.92 Å². The third-order valence-corrected chi connectivity index (χ3v) is 2.43. The molecule has 1 aliphatic rings. The fourth-order valence-electron chi connectivity index (χ4n) is 1.63. The molecule has 72 valence electrons. The first-order valence-corrected chi connectivity index (χ1v) is 4.92. The van der Waals surface area contributed by atoms with E-state index in [0.717, 1.165) is 17.7 Å². The van der Waals surface area contributed by atoms with E-state index in [0.29, 0.717) is 17.7 Å². The van der Waals surface area contributed by atoms with E-state index in [1.54, 1.807) is 0 Å². The van der Waals surface area contributed by atoms with Gasteiger partial charge in [0, 0.05) is 11.5 Å². The number of anilines is 1. The smallest absolute Gasteiger partial charge is 0.225 e. The molecular weight excluding hydrogens is 164 g/mol. The molecule has 2 N–H and O–H groups in total. The SMILES string of the molecule is CC(C)Cc1c(C2CC2)noc1N. The van der Waals surface area contributed by atoms with Crippen molar-refractivity contribution in [3.8, 4) is 0 Å². The van der Waals surface area contributed by atoms with Gasteiger partial charge in [-0.3, -0.25) is 0 Å². The monoisotopic (exact) mass is 180 g/mol. The highest BCUT2D eigenvalue weighted by atomic mass is 16.5. The van der Waals surface area contributed by atoms with Gasteiger partial charge in [0.1, 0.15) is 0 Å². The van der Waals surface area contributed by atoms with Crippen LogP contribution in [0.3, 0.4) is 0 Å². The summed E-state index contributed by atoms with van der Waals surface area (Å²) in [6.45, 7) is 4.37. The molecule has 0 radical (unpaired) electrons. The quantitative estimate of drug-likeness (QED) is 0.776. The van der Waals surface area contributed by atoms with E-state index in [4.69, 9.17) is 10.3 Å². The number of hydrogen-bond acceptors (Lipinski definition) is 3. The molecule has 0 spiro atoms. The highest BCUT2D eigenvalue weighted by Crippen LogP contribution is 2.42. The minimum absolute atomic E-state index is 0.524. The number of hydrogen-bond donors (Lipinski definition) is 1. The Bertz CT molecular complexity index is 300. The van der Waals surface area contributed by atoms with Crippen molar-refractivity contribution in [1.82, 2.24) is 5.16 Å². The lowest BCUT2D eigenvalue weighted by Gasteiger charge is -2.03. The van der Waals surface area contributed by atoms with Gasteiger partial charge in [0.2, 0.25) is 5.88 Å². The molecule has 1 saturated carbocycles. The Morgan fingerprint density at radius 3 is 2.77 bits per heavy atom. The Labute approximate surface area is 78.3 Å². The van der Waals surface area contributed by atoms with Crippen molar-refractivity contribution in [1.29, 1.82) is 0 Å². The van der Waals surface area contributed by atoms with Crippen molar-refractivity contribution in [2.75, 3.05) is 5.73 Å². The summed E-state index contributed by atoms with van der Waals surface area (Å²) in [5, 5.41) is 4.03. The minimum Gasteiger partial charge on any atom is -0.367 e. The first kappa shape index (κ1) is 8.60. The standard InChI is InChI=1S/C10H16N2O/c1-6(2)5-8-9(7-3-4-7)12-13-10(8)11/h6-7H,3-5,11H2,1-2H3. The van der Waals surface area contributed by atoms with Gasteiger partial charge in [0.05, 0.1) is 5.69 Å². The Morgan fingerprint density at radius 1 is 1.54 bits per heavy atom. The second-order valence-electron chi connectivity index (χ2n) is 4.28. The Hall–Kier alpha value is -0.990. The molecule has 0 unspecified atom stereocenters. The number of aromatic nitrogens is 1. The van der Waals surface area contributed by atoms with Crippen LogP contribution in [0.15, 0.2) is 4.52 Å². The fraction of sp³-hybridized carbons (Fsp3) is 0.700. The summed E-state index contributed by atoms with van der Waals surface area (Å²) < 4.78 is 5.03. The van der Waals surface area contributed by atoms with E-state index < -0.39 is 0 Å². The lowest BCUT2D eigenvalue weighted by Crippen LogP contribution is -1.99. The van der Waals surface area contributed by atoms with Gasteiger partial charge in [0.15, 0.2) is 0 Å². The molecule has 0 amide bonds. The zero-order chi connectivity index (χ0) is 9.42. The molecule has 1 aliphatic carbocycles. The van der Waals surface area contributed by atoms with E-state index in [1.165, 1.54) is 12.8 Å². The van der Waals surface area contributed by atoms with Gasteiger partial charge in [-0.15, -0.1) is 0 Å². The normalized spacial score (nSPS) is 16.8. The van der Waals surface area contributed by atoms with E-state index in [9.17, 15) is 0 Å². The number of nitrogen functional groups attached to an aromatic ring is 1. The van der Waals surface area contributed by atoms with Crippen LogP contribution in [0.5, 0.6) is 0 Å². The maximum Gasteiger partial charge on any atom is 0.225 e. The predicted molar refractivity (Wildman–Crippen MR) is 51.4 cm³/mol. The van der Waals surface area contributed by atoms with Crippen LogP contribution >= 0.6 is 0 Å². The number of nitrogens with two attached hydrogens (primary N) is 1. The zero-order valence-electron chi connectivity index (χ0n) is 8.21. The van der Waals surface area contributed by atoms with Crippen LogP contribution in [-0.2, 0) is 6.42 Å². The summed E-state index contributed by atoms with van der Waals surface area (Å²) in [5.74, 6) is 1.77. The lowest BCUT2D eigenvalue weighted by molar-refractivity contribution is 0.427. The maximum atomic E-state index is 5.73. The summed E-state index contributed by atoms with van der Waals surface area (Å²) in [5.41, 5.74) is 7.99. The maximum absolute atomic E-state index is 5.73. The summed E-state index contributed by atoms with van der Waals surface area (Å²) in [6.07, 6.45) is 3.48. The largest absolute Gasteiger partial charge is 0.367 e. The van der Waals surface area contributed by atoms with E-state index in [1.807, 2.05) is 0 Å². The Morgan fingerprint density at radius 2 is 2.23 bits per heavy atom. The molecular formula is C10H16N2O. The first-order chi connectivity index (χ1) is 6.18. The molecule has 2 rings (SSSR count). The Kier molecular flexibility index (Phi) is 2.02. The predicted octanol–water partition coefficient (Wildman–Crippen LogP) is 2.33. The van der Waals surface area contributed by atoms with Crippen molar-refractivity contribution in [2.45, 2.75) is 39.0 Å². The molecule has 1 aromatic heterocycles. The summed E-state index contributed by atoms with van der Waals surface area (Å²) in [4.78, 5) is 0. The molecule has 13 heavy (non-hydrogen) atoms. The molecule has 0 saturated heterocycles. The Balaban J connectivity index is 2.23. The summed E-state index contributed by atoms with van der Waals surface area (Å²) in [7, 11) is 0. The number of rotatable bonds is 3. The van der Waals surface area contributed by atoms with Crippen LogP contribution in [0.4, 0.5) is 5.88 Å². The van der Waals surface area contributed by atoms with Gasteiger partial charge in [0.25, 0.3) is 0 Å². The van der Waals surface area contributed by atoms with Crippen LogP contribution in [0.25, 0.3) is 0 Å². The molecule has 0 aromatic carbocycles. The van der Waals surface area contributed by atoms with Crippen LogP contribution in [-0.4, -0.2) is 5.16 Å². The lowest BCUT2D eigenvalue weighted by atomic mass is 10.0. The van der Waals surface area contributed by atoms with Gasteiger partial charge in [-0.25, -0.2) is 0 Å². The van der Waals surface area contributed by atoms with Crippen LogP contribution in [0.2, 0.25) is 0 Å². The summed E-state index contributed by atoms with van der Waals surface area (Å²) in [6, 6.07) is 0. The highest BCUT2D eigenvalue weighted by molar-refractivity contribution is 5.42. The van der Waals surface area contributed by atoms with E-state index in [-0.39, 0.29) is 0 Å². The third kappa shape index (κ3) is 1.69. The average molecular weight is 180 g/mol. The summed E-state index contributed by atoms with van der Waals surface area (Å²) >= 11 is 0. The van der Waals surface area contributed by atoms with E-state index >= 15 is 0 Å². The second kappa shape index (κ2) is 3.05. The first-order valence-electron chi connectivity index (χ1n) is 4.92. The van der Waals surface area contributed by atoms with Crippen LogP contribution < -0.4 is 5.73 Å². The fourth-order valence-corrected chi connectivity index (χ4v) is 1.63. The topological polar surface area (TPSA) is 52.0 Å². The van der Waals surface area contributed by atoms with Gasteiger partial charge in [-0.05, 0) is 25.2 Å². The van der Waals surface area contributed by atoms with E-state index in [2.05, 4.69) is 19.0 Å². The van der Waals surface area contributed by atoms with Gasteiger partial charge in [-0.2, -0.15) is 0 Å². The van der Waals surface area contributed by atoms with Crippen molar-refractivity contribution in [3.05, 3.63) is 11.3 Å². The molecule has 3 heteroatoms. The van der Waals surface area contributed by atoms with Gasteiger partial charge >= 0.3 is 0 Å². The number of nitrogens with zero attached hydrogens (tertiary/aromatic N) is 1. The molecule has 1 fully saturated rings. The molecule has 1 heterocycles. The minimum atomic E-state index is 0.524. The average Bonchev–Trinajstić information content (AvgIpc) is 2.81. The molecule has 1 aromatic rings. The van der Waals surface area contributed by atoms with Gasteiger partial charge < -0.3 is 10.3 Å².